The first-order valence-corrected chi connectivity index (χ1v) is 7.98. The molecule has 0 aliphatic heterocycles. The van der Waals surface area contributed by atoms with Gasteiger partial charge in [0.15, 0.2) is 15.1 Å². The van der Waals surface area contributed by atoms with Gasteiger partial charge in [-0.05, 0) is 25.7 Å². The fourth-order valence-corrected chi connectivity index (χ4v) is 3.19. The van der Waals surface area contributed by atoms with Crippen LogP contribution in [0.3, 0.4) is 0 Å². The minimum Gasteiger partial charge on any atom is -0.480 e. The number of aliphatic carboxylic acids is 1. The molecule has 0 spiro atoms. The van der Waals surface area contributed by atoms with E-state index in [0.717, 1.165) is 6.42 Å². The van der Waals surface area contributed by atoms with Gasteiger partial charge in [0.25, 0.3) is 0 Å². The van der Waals surface area contributed by atoms with E-state index in [4.69, 9.17) is 5.11 Å². The van der Waals surface area contributed by atoms with Gasteiger partial charge < -0.3 is 10.4 Å². The quantitative estimate of drug-likeness (QED) is 0.690. The van der Waals surface area contributed by atoms with Crippen LogP contribution in [0.4, 0.5) is 0 Å². The van der Waals surface area contributed by atoms with E-state index < -0.39 is 32.2 Å². The van der Waals surface area contributed by atoms with Crippen LogP contribution in [-0.2, 0) is 19.4 Å². The number of hydrogen-bond donors (Lipinski definition) is 2. The summed E-state index contributed by atoms with van der Waals surface area (Å²) < 4.78 is 24.0. The fraction of sp³-hybridized carbons (Fsp3) is 0.833. The minimum absolute atomic E-state index is 0.0543. The summed E-state index contributed by atoms with van der Waals surface area (Å²) in [6.07, 6.45) is 0.690. The maximum Gasteiger partial charge on any atom is 0.321 e. The number of rotatable bonds is 8. The molecule has 2 atom stereocenters. The Kier molecular flexibility index (Phi) is 7.04. The molecule has 0 aromatic heterocycles. The molecular weight excluding hydrogens is 270 g/mol. The number of nitrogens with one attached hydrogen (secondary N) is 1. The van der Waals surface area contributed by atoms with Crippen molar-refractivity contribution in [3.8, 4) is 0 Å². The van der Waals surface area contributed by atoms with E-state index >= 15 is 0 Å². The Morgan fingerprint density at radius 2 is 1.74 bits per heavy atom. The van der Waals surface area contributed by atoms with Crippen molar-refractivity contribution in [1.29, 1.82) is 0 Å². The average Bonchev–Trinajstić information content (AvgIpc) is 2.27. The Morgan fingerprint density at radius 3 is 2.11 bits per heavy atom. The van der Waals surface area contributed by atoms with Gasteiger partial charge in [-0.15, -0.1) is 0 Å². The first kappa shape index (κ1) is 17.9. The molecule has 0 saturated carbocycles. The summed E-state index contributed by atoms with van der Waals surface area (Å²) >= 11 is 0. The van der Waals surface area contributed by atoms with E-state index in [9.17, 15) is 18.0 Å². The van der Waals surface area contributed by atoms with E-state index in [0.29, 0.717) is 12.5 Å². The largest absolute Gasteiger partial charge is 0.480 e. The first-order valence-electron chi connectivity index (χ1n) is 6.37. The molecule has 0 radical (unpaired) electrons. The molecular formula is C12H23NO5S. The van der Waals surface area contributed by atoms with Crippen molar-refractivity contribution in [1.82, 2.24) is 5.32 Å². The molecule has 0 heterocycles. The standard InChI is InChI=1S/C12H23NO5S/c1-5-10(12(15)16)19(17,18)9(4)11(14)13-7-6-8(2)3/h8-10H,5-7H2,1-4H3,(H,13,14)(H,15,16). The van der Waals surface area contributed by atoms with Crippen LogP contribution in [0, 0.1) is 5.92 Å². The predicted molar refractivity (Wildman–Crippen MR) is 72.6 cm³/mol. The first-order chi connectivity index (χ1) is 8.64. The van der Waals surface area contributed by atoms with Crippen LogP contribution in [0.15, 0.2) is 0 Å². The van der Waals surface area contributed by atoms with E-state index in [2.05, 4.69) is 5.32 Å². The van der Waals surface area contributed by atoms with E-state index in [1.165, 1.54) is 13.8 Å². The van der Waals surface area contributed by atoms with Gasteiger partial charge >= 0.3 is 5.97 Å². The fourth-order valence-electron chi connectivity index (χ4n) is 1.57. The lowest BCUT2D eigenvalue weighted by Crippen LogP contribution is -2.44. The smallest absolute Gasteiger partial charge is 0.321 e. The molecule has 0 aromatic carbocycles. The van der Waals surface area contributed by atoms with Gasteiger partial charge in [0, 0.05) is 6.54 Å². The highest BCUT2D eigenvalue weighted by Gasteiger charge is 2.38. The number of hydrogen-bond acceptors (Lipinski definition) is 4. The molecule has 19 heavy (non-hydrogen) atoms. The maximum atomic E-state index is 12.0. The van der Waals surface area contributed by atoms with E-state index in [1.54, 1.807) is 0 Å². The van der Waals surface area contributed by atoms with Gasteiger partial charge in [-0.25, -0.2) is 8.42 Å². The second-order valence-electron chi connectivity index (χ2n) is 4.94. The van der Waals surface area contributed by atoms with Crippen LogP contribution in [0.1, 0.15) is 40.5 Å². The van der Waals surface area contributed by atoms with Gasteiger partial charge in [0.05, 0.1) is 0 Å². The van der Waals surface area contributed by atoms with Crippen LogP contribution < -0.4 is 5.32 Å². The van der Waals surface area contributed by atoms with Crippen molar-refractivity contribution in [3.63, 3.8) is 0 Å². The highest BCUT2D eigenvalue weighted by atomic mass is 32.2. The molecule has 0 saturated heterocycles. The summed E-state index contributed by atoms with van der Waals surface area (Å²) in [5.74, 6) is -1.65. The lowest BCUT2D eigenvalue weighted by atomic mass is 10.1. The summed E-state index contributed by atoms with van der Waals surface area (Å²) in [6.45, 7) is 7.07. The minimum atomic E-state index is -4.01. The molecule has 0 fully saturated rings. The second-order valence-corrected chi connectivity index (χ2v) is 7.39. The SMILES string of the molecule is CCC(C(=O)O)S(=O)(=O)C(C)C(=O)NCCC(C)C. The highest BCUT2D eigenvalue weighted by Crippen LogP contribution is 2.13. The van der Waals surface area contributed by atoms with Crippen molar-refractivity contribution < 1.29 is 23.1 Å². The second kappa shape index (κ2) is 7.47. The van der Waals surface area contributed by atoms with E-state index in [1.807, 2.05) is 13.8 Å². The monoisotopic (exact) mass is 293 g/mol. The van der Waals surface area contributed by atoms with Crippen LogP contribution in [0.5, 0.6) is 0 Å². The number of amides is 1. The lowest BCUT2D eigenvalue weighted by Gasteiger charge is -2.17. The predicted octanol–water partition coefficient (Wildman–Crippen LogP) is 0.815. The number of carbonyl (C=O) groups excluding carboxylic acids is 1. The third-order valence-corrected chi connectivity index (χ3v) is 5.45. The van der Waals surface area contributed by atoms with Gasteiger partial charge in [-0.3, -0.25) is 9.59 Å². The zero-order valence-electron chi connectivity index (χ0n) is 11.8. The Morgan fingerprint density at radius 1 is 1.21 bits per heavy atom. The number of sulfone groups is 1. The zero-order valence-corrected chi connectivity index (χ0v) is 12.7. The zero-order chi connectivity index (χ0) is 15.2. The summed E-state index contributed by atoms with van der Waals surface area (Å²) in [5, 5.41) is 8.53. The molecule has 0 rings (SSSR count). The van der Waals surface area contributed by atoms with Crippen molar-refractivity contribution in [2.45, 2.75) is 51.0 Å². The Bertz CT molecular complexity index is 416. The van der Waals surface area contributed by atoms with Crippen molar-refractivity contribution in [3.05, 3.63) is 0 Å². The van der Waals surface area contributed by atoms with Crippen LogP contribution >= 0.6 is 0 Å². The normalized spacial score (nSPS) is 15.0. The van der Waals surface area contributed by atoms with Crippen LogP contribution in [0.25, 0.3) is 0 Å². The summed E-state index contributed by atoms with van der Waals surface area (Å²) in [7, 11) is -4.01. The molecule has 7 heteroatoms. The maximum absolute atomic E-state index is 12.0. The Balaban J connectivity index is 4.74. The van der Waals surface area contributed by atoms with Crippen molar-refractivity contribution >= 4 is 21.7 Å². The van der Waals surface area contributed by atoms with Crippen molar-refractivity contribution in [2.75, 3.05) is 6.54 Å². The van der Waals surface area contributed by atoms with Gasteiger partial charge in [-0.1, -0.05) is 20.8 Å². The molecule has 0 aliphatic rings. The molecule has 2 unspecified atom stereocenters. The van der Waals surface area contributed by atoms with E-state index in [-0.39, 0.29) is 6.42 Å². The summed E-state index contributed by atoms with van der Waals surface area (Å²) in [6, 6.07) is 0. The van der Waals surface area contributed by atoms with Crippen molar-refractivity contribution in [2.24, 2.45) is 5.92 Å². The Labute approximate surface area is 114 Å². The lowest BCUT2D eigenvalue weighted by molar-refractivity contribution is -0.136. The molecule has 6 nitrogen and oxygen atoms in total. The molecule has 112 valence electrons. The number of carboxylic acids is 1. The van der Waals surface area contributed by atoms with Crippen LogP contribution in [-0.4, -0.2) is 42.4 Å². The van der Waals surface area contributed by atoms with Crippen LogP contribution in [0.2, 0.25) is 0 Å². The third kappa shape index (κ3) is 5.18. The average molecular weight is 293 g/mol. The van der Waals surface area contributed by atoms with Gasteiger partial charge in [-0.2, -0.15) is 0 Å². The molecule has 1 amide bonds. The molecule has 0 aliphatic carbocycles. The number of carboxylic acid groups (broad SMARTS) is 1. The summed E-state index contributed by atoms with van der Waals surface area (Å²) in [5.41, 5.74) is 0. The topological polar surface area (TPSA) is 101 Å². The third-order valence-electron chi connectivity index (χ3n) is 2.93. The summed E-state index contributed by atoms with van der Waals surface area (Å²) in [4.78, 5) is 22.6. The molecule has 0 aromatic rings. The van der Waals surface area contributed by atoms with Gasteiger partial charge in [0.1, 0.15) is 5.25 Å². The number of carbonyl (C=O) groups is 2. The highest BCUT2D eigenvalue weighted by molar-refractivity contribution is 7.94. The van der Waals surface area contributed by atoms with Gasteiger partial charge in [0.2, 0.25) is 5.91 Å². The molecule has 2 N–H and O–H groups in total. The molecule has 0 bridgehead atoms. The Hall–Kier alpha value is -1.11.